The highest BCUT2D eigenvalue weighted by Crippen LogP contribution is 2.21. The predicted molar refractivity (Wildman–Crippen MR) is 91.3 cm³/mol. The lowest BCUT2D eigenvalue weighted by Gasteiger charge is -2.23. The smallest absolute Gasteiger partial charge is 0.322 e. The van der Waals surface area contributed by atoms with Gasteiger partial charge in [0.1, 0.15) is 0 Å². The number of nitrogens with zero attached hydrogens (tertiary/aromatic N) is 3. The second-order valence-electron chi connectivity index (χ2n) is 5.32. The van der Waals surface area contributed by atoms with Gasteiger partial charge in [-0.25, -0.2) is 9.48 Å². The first-order valence-electron chi connectivity index (χ1n) is 7.45. The molecule has 0 aliphatic rings. The molecule has 0 fully saturated rings. The minimum Gasteiger partial charge on any atom is -0.394 e. The Hall–Kier alpha value is -2.05. The summed E-state index contributed by atoms with van der Waals surface area (Å²) in [5.41, 5.74) is 2.43. The van der Waals surface area contributed by atoms with E-state index < -0.39 is 0 Å². The average molecular weight is 337 g/mol. The molecular formula is C16H21ClN4O2. The van der Waals surface area contributed by atoms with Gasteiger partial charge in [-0.3, -0.25) is 0 Å². The van der Waals surface area contributed by atoms with Crippen LogP contribution in [0.1, 0.15) is 19.5 Å². The van der Waals surface area contributed by atoms with Gasteiger partial charge in [0.2, 0.25) is 0 Å². The van der Waals surface area contributed by atoms with Crippen LogP contribution in [-0.4, -0.2) is 45.5 Å². The summed E-state index contributed by atoms with van der Waals surface area (Å²) in [4.78, 5) is 13.7. The lowest BCUT2D eigenvalue weighted by Crippen LogP contribution is -2.40. The van der Waals surface area contributed by atoms with Crippen molar-refractivity contribution in [2.45, 2.75) is 26.3 Å². The molecule has 0 saturated carbocycles. The zero-order valence-corrected chi connectivity index (χ0v) is 14.2. The first kappa shape index (κ1) is 17.3. The Kier molecular flexibility index (Phi) is 5.63. The number of carbonyl (C=O) groups excluding carboxylic acids is 1. The second kappa shape index (κ2) is 7.48. The highest BCUT2D eigenvalue weighted by atomic mass is 35.5. The van der Waals surface area contributed by atoms with E-state index in [-0.39, 0.29) is 18.7 Å². The van der Waals surface area contributed by atoms with Crippen LogP contribution < -0.4 is 5.32 Å². The van der Waals surface area contributed by atoms with Crippen LogP contribution in [-0.2, 0) is 6.42 Å². The van der Waals surface area contributed by atoms with E-state index in [4.69, 9.17) is 16.7 Å². The van der Waals surface area contributed by atoms with Gasteiger partial charge in [0.25, 0.3) is 0 Å². The molecule has 2 amide bonds. The monoisotopic (exact) mass is 336 g/mol. The topological polar surface area (TPSA) is 70.4 Å². The van der Waals surface area contributed by atoms with Crippen LogP contribution in [0.25, 0.3) is 5.69 Å². The molecule has 1 heterocycles. The molecule has 0 aliphatic carbocycles. The summed E-state index contributed by atoms with van der Waals surface area (Å²) in [5.74, 6) is 0. The summed E-state index contributed by atoms with van der Waals surface area (Å²) < 4.78 is 1.78. The van der Waals surface area contributed by atoms with Crippen LogP contribution in [0.15, 0.2) is 30.5 Å². The zero-order valence-electron chi connectivity index (χ0n) is 13.5. The molecule has 0 unspecified atom stereocenters. The molecule has 7 heteroatoms. The van der Waals surface area contributed by atoms with E-state index in [1.165, 1.54) is 4.90 Å². The molecule has 1 atom stereocenters. The molecule has 0 saturated heterocycles. The summed E-state index contributed by atoms with van der Waals surface area (Å²) in [6.07, 6.45) is 2.33. The Morgan fingerprint density at radius 2 is 2.09 bits per heavy atom. The van der Waals surface area contributed by atoms with Gasteiger partial charge in [0.05, 0.1) is 35.9 Å². The third kappa shape index (κ3) is 3.83. The third-order valence-electron chi connectivity index (χ3n) is 3.76. The Bertz CT molecular complexity index is 669. The summed E-state index contributed by atoms with van der Waals surface area (Å²) in [7, 11) is 1.64. The van der Waals surface area contributed by atoms with Crippen LogP contribution in [0.5, 0.6) is 0 Å². The maximum Gasteiger partial charge on any atom is 0.322 e. The van der Waals surface area contributed by atoms with Gasteiger partial charge in [0.15, 0.2) is 0 Å². The summed E-state index contributed by atoms with van der Waals surface area (Å²) in [6, 6.07) is 6.81. The Morgan fingerprint density at radius 1 is 1.43 bits per heavy atom. The van der Waals surface area contributed by atoms with E-state index in [1.807, 2.05) is 19.1 Å². The van der Waals surface area contributed by atoms with Gasteiger partial charge in [-0.15, -0.1) is 0 Å². The summed E-state index contributed by atoms with van der Waals surface area (Å²) in [5, 5.41) is 17.0. The minimum absolute atomic E-state index is 0.0887. The Balaban J connectivity index is 2.24. The number of halogens is 1. The van der Waals surface area contributed by atoms with Crippen molar-refractivity contribution in [2.75, 3.05) is 19.0 Å². The number of amides is 2. The molecule has 0 bridgehead atoms. The predicted octanol–water partition coefficient (Wildman–Crippen LogP) is 2.93. The molecule has 124 valence electrons. The largest absolute Gasteiger partial charge is 0.394 e. The van der Waals surface area contributed by atoms with Crippen LogP contribution in [0.3, 0.4) is 0 Å². The number of nitrogens with one attached hydrogen (secondary N) is 1. The number of rotatable bonds is 5. The van der Waals surface area contributed by atoms with E-state index in [9.17, 15) is 4.79 Å². The highest BCUT2D eigenvalue weighted by Gasteiger charge is 2.18. The molecule has 2 aromatic rings. The van der Waals surface area contributed by atoms with Crippen molar-refractivity contribution in [1.82, 2.24) is 14.7 Å². The van der Waals surface area contributed by atoms with Crippen molar-refractivity contribution in [3.05, 3.63) is 41.2 Å². The molecule has 0 aliphatic heterocycles. The first-order chi connectivity index (χ1) is 11.0. The molecular weight excluding hydrogens is 316 g/mol. The number of likely N-dealkylation sites (N-methyl/N-ethyl adjacent to an activating group) is 1. The molecule has 1 aromatic heterocycles. The normalized spacial score (nSPS) is 12.0. The number of aliphatic hydroxyl groups excluding tert-OH is 1. The van der Waals surface area contributed by atoms with Crippen molar-refractivity contribution in [1.29, 1.82) is 0 Å². The fraction of sp³-hybridized carbons (Fsp3) is 0.375. The molecule has 0 radical (unpaired) electrons. The van der Waals surface area contributed by atoms with Gasteiger partial charge in [-0.05, 0) is 37.6 Å². The molecule has 23 heavy (non-hydrogen) atoms. The van der Waals surface area contributed by atoms with Gasteiger partial charge >= 0.3 is 6.03 Å². The van der Waals surface area contributed by atoms with Gasteiger partial charge in [-0.1, -0.05) is 18.5 Å². The van der Waals surface area contributed by atoms with Crippen molar-refractivity contribution >= 4 is 23.3 Å². The Morgan fingerprint density at radius 3 is 2.65 bits per heavy atom. The molecule has 2 N–H and O–H groups in total. The van der Waals surface area contributed by atoms with E-state index in [0.29, 0.717) is 17.1 Å². The number of carbonyl (C=O) groups is 1. The van der Waals surface area contributed by atoms with Crippen molar-refractivity contribution in [3.8, 4) is 5.69 Å². The van der Waals surface area contributed by atoms with E-state index in [1.54, 1.807) is 37.0 Å². The van der Waals surface area contributed by atoms with Gasteiger partial charge < -0.3 is 15.3 Å². The van der Waals surface area contributed by atoms with Gasteiger partial charge in [-0.2, -0.15) is 5.10 Å². The number of aliphatic hydroxyl groups is 1. The van der Waals surface area contributed by atoms with Crippen LogP contribution in [0, 0.1) is 0 Å². The number of benzene rings is 1. The zero-order chi connectivity index (χ0) is 17.0. The first-order valence-corrected chi connectivity index (χ1v) is 7.83. The third-order valence-corrected chi connectivity index (χ3v) is 4.01. The van der Waals surface area contributed by atoms with Crippen molar-refractivity contribution in [2.24, 2.45) is 0 Å². The number of urea groups is 1. The minimum atomic E-state index is -0.281. The highest BCUT2D eigenvalue weighted by molar-refractivity contribution is 6.30. The maximum atomic E-state index is 12.2. The molecule has 6 nitrogen and oxygen atoms in total. The number of aromatic nitrogens is 2. The second-order valence-corrected chi connectivity index (χ2v) is 5.76. The molecule has 0 spiro atoms. The fourth-order valence-electron chi connectivity index (χ4n) is 2.15. The average Bonchev–Trinajstić information content (AvgIpc) is 2.96. The number of hydrogen-bond donors (Lipinski definition) is 2. The van der Waals surface area contributed by atoms with E-state index in [0.717, 1.165) is 11.4 Å². The van der Waals surface area contributed by atoms with E-state index in [2.05, 4.69) is 10.4 Å². The standard InChI is InChI=1S/C16H21ClN4O2/c1-4-15-14(19-16(23)20(3)11(2)10-22)9-18-21(15)13-7-5-12(17)6-8-13/h5-9,11,22H,4,10H2,1-3H3,(H,19,23)/t11-/m1/s1. The van der Waals surface area contributed by atoms with Crippen molar-refractivity contribution < 1.29 is 9.90 Å². The van der Waals surface area contributed by atoms with E-state index >= 15 is 0 Å². The lowest BCUT2D eigenvalue weighted by molar-refractivity contribution is 0.166. The molecule has 1 aromatic carbocycles. The Labute approximate surface area is 140 Å². The van der Waals surface area contributed by atoms with Crippen LogP contribution in [0.2, 0.25) is 5.02 Å². The van der Waals surface area contributed by atoms with Crippen LogP contribution in [0.4, 0.5) is 10.5 Å². The number of anilines is 1. The lowest BCUT2D eigenvalue weighted by atomic mass is 10.2. The van der Waals surface area contributed by atoms with Crippen LogP contribution >= 0.6 is 11.6 Å². The SMILES string of the molecule is CCc1c(NC(=O)N(C)[C@H](C)CO)cnn1-c1ccc(Cl)cc1. The van der Waals surface area contributed by atoms with Crippen molar-refractivity contribution in [3.63, 3.8) is 0 Å². The number of hydrogen-bond acceptors (Lipinski definition) is 3. The summed E-state index contributed by atoms with van der Waals surface area (Å²) >= 11 is 5.91. The maximum absolute atomic E-state index is 12.2. The quantitative estimate of drug-likeness (QED) is 0.882. The van der Waals surface area contributed by atoms with Gasteiger partial charge in [0, 0.05) is 12.1 Å². The fourth-order valence-corrected chi connectivity index (χ4v) is 2.28. The summed E-state index contributed by atoms with van der Waals surface area (Å²) in [6.45, 7) is 3.69. The molecule has 2 rings (SSSR count).